The van der Waals surface area contributed by atoms with Gasteiger partial charge in [-0.1, -0.05) is 23.9 Å². The van der Waals surface area contributed by atoms with Gasteiger partial charge in [-0.15, -0.1) is 11.3 Å². The summed E-state index contributed by atoms with van der Waals surface area (Å²) in [5.74, 6) is 0.342. The maximum atomic E-state index is 12.7. The Morgan fingerprint density at radius 2 is 1.93 bits per heavy atom. The molecule has 3 rings (SSSR count). The Morgan fingerprint density at radius 3 is 2.64 bits per heavy atom. The molecule has 1 N–H and O–H groups in total. The summed E-state index contributed by atoms with van der Waals surface area (Å²) in [6.07, 6.45) is 0. The van der Waals surface area contributed by atoms with Gasteiger partial charge in [0.05, 0.1) is 12.2 Å². The molecule has 28 heavy (non-hydrogen) atoms. The predicted molar refractivity (Wildman–Crippen MR) is 114 cm³/mol. The Balaban J connectivity index is 1.61. The van der Waals surface area contributed by atoms with Gasteiger partial charge >= 0.3 is 0 Å². The van der Waals surface area contributed by atoms with Crippen LogP contribution >= 0.6 is 23.1 Å². The molecule has 2 aromatic carbocycles. The quantitative estimate of drug-likeness (QED) is 0.483. The van der Waals surface area contributed by atoms with Crippen LogP contribution in [0, 0.1) is 6.92 Å². The standard InChI is InChI=1S/C21H22N2O3S2/c1-3-25-12-13-26-19-7-5-4-6-18(19)20(24)23-16-8-10-17(11-9-16)28-21-22-15(2)14-27-21/h4-11,14H,3,12-13H2,1-2H3,(H,23,24). The van der Waals surface area contributed by atoms with E-state index in [9.17, 15) is 4.79 Å². The van der Waals surface area contributed by atoms with E-state index in [2.05, 4.69) is 10.3 Å². The Bertz CT molecular complexity index is 910. The molecule has 0 saturated carbocycles. The fraction of sp³-hybridized carbons (Fsp3) is 0.238. The van der Waals surface area contributed by atoms with Crippen molar-refractivity contribution in [2.75, 3.05) is 25.1 Å². The Labute approximate surface area is 173 Å². The normalized spacial score (nSPS) is 10.6. The Morgan fingerprint density at radius 1 is 1.14 bits per heavy atom. The van der Waals surface area contributed by atoms with E-state index in [1.807, 2.05) is 55.6 Å². The first kappa shape index (κ1) is 20.4. The number of benzene rings is 2. The monoisotopic (exact) mass is 414 g/mol. The van der Waals surface area contributed by atoms with Gasteiger partial charge in [-0.3, -0.25) is 4.79 Å². The highest BCUT2D eigenvalue weighted by molar-refractivity contribution is 8.01. The Kier molecular flexibility index (Phi) is 7.47. The molecule has 0 unspecified atom stereocenters. The number of carbonyl (C=O) groups excluding carboxylic acids is 1. The molecule has 0 radical (unpaired) electrons. The van der Waals surface area contributed by atoms with Gasteiger partial charge < -0.3 is 14.8 Å². The number of hydrogen-bond donors (Lipinski definition) is 1. The molecule has 0 bridgehead atoms. The second-order valence-electron chi connectivity index (χ2n) is 5.88. The lowest BCUT2D eigenvalue weighted by Gasteiger charge is -2.12. The number of nitrogens with one attached hydrogen (secondary N) is 1. The smallest absolute Gasteiger partial charge is 0.259 e. The van der Waals surface area contributed by atoms with E-state index in [1.165, 1.54) is 0 Å². The van der Waals surface area contributed by atoms with Crippen molar-refractivity contribution in [2.24, 2.45) is 0 Å². The highest BCUT2D eigenvalue weighted by atomic mass is 32.2. The fourth-order valence-electron chi connectivity index (χ4n) is 2.42. The molecule has 1 heterocycles. The average molecular weight is 415 g/mol. The summed E-state index contributed by atoms with van der Waals surface area (Å²) >= 11 is 3.24. The second-order valence-corrected chi connectivity index (χ2v) is 8.06. The SMILES string of the molecule is CCOCCOc1ccccc1C(=O)Nc1ccc(Sc2nc(C)cs2)cc1. The number of ether oxygens (including phenoxy) is 2. The number of amides is 1. The number of para-hydroxylation sites is 1. The summed E-state index contributed by atoms with van der Waals surface area (Å²) in [5, 5.41) is 4.96. The fourth-order valence-corrected chi connectivity index (χ4v) is 4.23. The third-order valence-corrected chi connectivity index (χ3v) is 5.80. The highest BCUT2D eigenvalue weighted by Gasteiger charge is 2.12. The molecule has 0 spiro atoms. The van der Waals surface area contributed by atoms with E-state index >= 15 is 0 Å². The van der Waals surface area contributed by atoms with E-state index in [4.69, 9.17) is 9.47 Å². The van der Waals surface area contributed by atoms with Gasteiger partial charge in [0, 0.05) is 28.3 Å². The minimum absolute atomic E-state index is 0.206. The molecular formula is C21H22N2O3S2. The van der Waals surface area contributed by atoms with Gasteiger partial charge in [-0.25, -0.2) is 4.98 Å². The van der Waals surface area contributed by atoms with Crippen molar-refractivity contribution in [3.63, 3.8) is 0 Å². The molecule has 146 valence electrons. The predicted octanol–water partition coefficient (Wildman–Crippen LogP) is 5.27. The zero-order valence-corrected chi connectivity index (χ0v) is 17.4. The van der Waals surface area contributed by atoms with Crippen LogP contribution in [0.1, 0.15) is 23.0 Å². The summed E-state index contributed by atoms with van der Waals surface area (Å²) in [6.45, 7) is 5.45. The molecule has 0 atom stereocenters. The van der Waals surface area contributed by atoms with Crippen LogP contribution < -0.4 is 10.1 Å². The number of anilines is 1. The summed E-state index contributed by atoms with van der Waals surface area (Å²) in [6, 6.07) is 14.9. The summed E-state index contributed by atoms with van der Waals surface area (Å²) in [4.78, 5) is 18.2. The number of thiazole rings is 1. The molecule has 7 heteroatoms. The van der Waals surface area contributed by atoms with Gasteiger partial charge in [0.2, 0.25) is 0 Å². The third kappa shape index (κ3) is 5.82. The maximum absolute atomic E-state index is 12.7. The highest BCUT2D eigenvalue weighted by Crippen LogP contribution is 2.31. The van der Waals surface area contributed by atoms with E-state index in [0.29, 0.717) is 31.1 Å². The lowest BCUT2D eigenvalue weighted by Crippen LogP contribution is -2.15. The number of aryl methyl sites for hydroxylation is 1. The van der Waals surface area contributed by atoms with Crippen molar-refractivity contribution in [1.82, 2.24) is 4.98 Å². The van der Waals surface area contributed by atoms with E-state index < -0.39 is 0 Å². The van der Waals surface area contributed by atoms with Crippen LogP contribution in [0.25, 0.3) is 0 Å². The van der Waals surface area contributed by atoms with Gasteiger partial charge in [-0.05, 0) is 50.2 Å². The number of hydrogen-bond acceptors (Lipinski definition) is 6. The van der Waals surface area contributed by atoms with Crippen LogP contribution in [0.5, 0.6) is 5.75 Å². The van der Waals surface area contributed by atoms with Crippen LogP contribution in [-0.4, -0.2) is 30.7 Å². The van der Waals surface area contributed by atoms with Crippen molar-refractivity contribution >= 4 is 34.7 Å². The summed E-state index contributed by atoms with van der Waals surface area (Å²) in [5.41, 5.74) is 2.25. The van der Waals surface area contributed by atoms with Gasteiger partial charge in [-0.2, -0.15) is 0 Å². The number of nitrogens with zero attached hydrogens (tertiary/aromatic N) is 1. The van der Waals surface area contributed by atoms with Crippen molar-refractivity contribution in [3.05, 3.63) is 65.2 Å². The lowest BCUT2D eigenvalue weighted by molar-refractivity contribution is 0.0998. The number of aromatic nitrogens is 1. The van der Waals surface area contributed by atoms with Crippen LogP contribution in [0.2, 0.25) is 0 Å². The molecule has 1 aromatic heterocycles. The summed E-state index contributed by atoms with van der Waals surface area (Å²) < 4.78 is 12.0. The van der Waals surface area contributed by atoms with E-state index in [1.54, 1.807) is 35.2 Å². The molecule has 0 aliphatic rings. The van der Waals surface area contributed by atoms with Gasteiger partial charge in [0.15, 0.2) is 4.34 Å². The molecule has 5 nitrogen and oxygen atoms in total. The first-order valence-corrected chi connectivity index (χ1v) is 10.7. The van der Waals surface area contributed by atoms with E-state index in [-0.39, 0.29) is 5.91 Å². The molecule has 3 aromatic rings. The van der Waals surface area contributed by atoms with E-state index in [0.717, 1.165) is 20.6 Å². The Hall–Kier alpha value is -2.35. The molecule has 1 amide bonds. The molecular weight excluding hydrogens is 392 g/mol. The first-order valence-electron chi connectivity index (χ1n) is 8.96. The maximum Gasteiger partial charge on any atom is 0.259 e. The first-order chi connectivity index (χ1) is 13.7. The molecule has 0 fully saturated rings. The van der Waals surface area contributed by atoms with Crippen LogP contribution in [0.15, 0.2) is 63.1 Å². The number of rotatable bonds is 9. The minimum Gasteiger partial charge on any atom is -0.490 e. The van der Waals surface area contributed by atoms with Crippen LogP contribution in [0.3, 0.4) is 0 Å². The summed E-state index contributed by atoms with van der Waals surface area (Å²) in [7, 11) is 0. The molecule has 0 aliphatic carbocycles. The zero-order chi connectivity index (χ0) is 19.8. The number of carbonyl (C=O) groups is 1. The lowest BCUT2D eigenvalue weighted by atomic mass is 10.2. The topological polar surface area (TPSA) is 60.5 Å². The van der Waals surface area contributed by atoms with Gasteiger partial charge in [0.25, 0.3) is 5.91 Å². The van der Waals surface area contributed by atoms with Crippen molar-refractivity contribution < 1.29 is 14.3 Å². The third-order valence-electron chi connectivity index (χ3n) is 3.74. The largest absolute Gasteiger partial charge is 0.490 e. The van der Waals surface area contributed by atoms with Crippen molar-refractivity contribution in [1.29, 1.82) is 0 Å². The molecule has 0 aliphatic heterocycles. The average Bonchev–Trinajstić information content (AvgIpc) is 3.12. The van der Waals surface area contributed by atoms with Crippen molar-refractivity contribution in [2.45, 2.75) is 23.1 Å². The van der Waals surface area contributed by atoms with Crippen LogP contribution in [-0.2, 0) is 4.74 Å². The zero-order valence-electron chi connectivity index (χ0n) is 15.8. The molecule has 0 saturated heterocycles. The van der Waals surface area contributed by atoms with Crippen molar-refractivity contribution in [3.8, 4) is 5.75 Å². The second kappa shape index (κ2) is 10.3. The minimum atomic E-state index is -0.206. The van der Waals surface area contributed by atoms with Crippen LogP contribution in [0.4, 0.5) is 5.69 Å². The van der Waals surface area contributed by atoms with Gasteiger partial charge in [0.1, 0.15) is 12.4 Å².